The van der Waals surface area contributed by atoms with Gasteiger partial charge in [0.2, 0.25) is 5.91 Å². The van der Waals surface area contributed by atoms with Crippen LogP contribution < -0.4 is 5.32 Å². The molecule has 3 aliphatic rings. The second-order valence-corrected chi connectivity index (χ2v) is 10.1. The van der Waals surface area contributed by atoms with Crippen molar-refractivity contribution in [3.05, 3.63) is 59.7 Å². The first-order valence-corrected chi connectivity index (χ1v) is 12.6. The summed E-state index contributed by atoms with van der Waals surface area (Å²) in [6.07, 6.45) is 2.68. The number of fused-ring (bicyclic) bond motifs is 3. The molecule has 2 aromatic carbocycles. The number of aliphatic carboxylic acids is 1. The number of amides is 2. The zero-order valence-corrected chi connectivity index (χ0v) is 20.0. The Morgan fingerprint density at radius 2 is 1.66 bits per heavy atom. The van der Waals surface area contributed by atoms with Crippen LogP contribution in [0.15, 0.2) is 48.5 Å². The molecule has 7 heteroatoms. The lowest BCUT2D eigenvalue weighted by Crippen LogP contribution is -2.47. The Balaban J connectivity index is 1.17. The van der Waals surface area contributed by atoms with Gasteiger partial charge in [-0.05, 0) is 53.4 Å². The summed E-state index contributed by atoms with van der Waals surface area (Å²) < 4.78 is 5.63. The van der Waals surface area contributed by atoms with E-state index >= 15 is 0 Å². The first kappa shape index (κ1) is 23.4. The van der Waals surface area contributed by atoms with Gasteiger partial charge in [0.1, 0.15) is 12.6 Å². The molecular weight excluding hydrogens is 444 g/mol. The van der Waals surface area contributed by atoms with E-state index in [9.17, 15) is 19.5 Å². The predicted octanol–water partition coefficient (Wildman–Crippen LogP) is 4.26. The summed E-state index contributed by atoms with van der Waals surface area (Å²) in [5, 5.41) is 12.5. The van der Waals surface area contributed by atoms with E-state index in [4.69, 9.17) is 4.74 Å². The highest BCUT2D eigenvalue weighted by molar-refractivity contribution is 5.86. The fraction of sp³-hybridized carbons (Fsp3) is 0.464. The summed E-state index contributed by atoms with van der Waals surface area (Å²) in [6, 6.07) is 15.7. The third-order valence-corrected chi connectivity index (χ3v) is 8.06. The largest absolute Gasteiger partial charge is 0.480 e. The molecule has 0 radical (unpaired) electrons. The third-order valence-electron chi connectivity index (χ3n) is 8.06. The van der Waals surface area contributed by atoms with E-state index < -0.39 is 18.1 Å². The van der Waals surface area contributed by atoms with Gasteiger partial charge in [0, 0.05) is 24.9 Å². The summed E-state index contributed by atoms with van der Waals surface area (Å²) >= 11 is 0. The van der Waals surface area contributed by atoms with Crippen molar-refractivity contribution in [2.45, 2.75) is 44.6 Å². The summed E-state index contributed by atoms with van der Waals surface area (Å²) in [4.78, 5) is 39.1. The van der Waals surface area contributed by atoms with Gasteiger partial charge in [-0.3, -0.25) is 4.79 Å². The van der Waals surface area contributed by atoms with Crippen LogP contribution in [-0.4, -0.2) is 53.7 Å². The van der Waals surface area contributed by atoms with Crippen LogP contribution in [0.1, 0.15) is 49.7 Å². The van der Waals surface area contributed by atoms with Crippen molar-refractivity contribution in [1.82, 2.24) is 10.2 Å². The highest BCUT2D eigenvalue weighted by Crippen LogP contribution is 2.44. The van der Waals surface area contributed by atoms with Crippen LogP contribution >= 0.6 is 0 Å². The lowest BCUT2D eigenvalue weighted by molar-refractivity contribution is -0.151. The number of ether oxygens (including phenoxy) is 1. The van der Waals surface area contributed by atoms with Gasteiger partial charge in [0.15, 0.2) is 0 Å². The molecule has 2 aromatic rings. The molecular formula is C28H32N2O5. The van der Waals surface area contributed by atoms with Crippen molar-refractivity contribution in [3.8, 4) is 11.1 Å². The van der Waals surface area contributed by atoms with E-state index in [0.29, 0.717) is 19.5 Å². The molecule has 7 nitrogen and oxygen atoms in total. The molecule has 4 unspecified atom stereocenters. The fourth-order valence-corrected chi connectivity index (χ4v) is 6.25. The molecule has 0 spiro atoms. The standard InChI is InChI=1S/C28H32N2O5/c1-17-13-14-30(25(17)27(32)33)26(31)19-12-6-7-18(19)15-29-28(34)35-16-24-22-10-4-2-8-20(22)21-9-3-5-11-23(21)24/h2-5,8-11,17-19,24-25H,6-7,12-16H2,1H3,(H,29,34)(H,32,33). The van der Waals surface area contributed by atoms with E-state index in [1.165, 1.54) is 11.1 Å². The third kappa shape index (κ3) is 4.40. The zero-order valence-electron chi connectivity index (χ0n) is 20.0. The maximum Gasteiger partial charge on any atom is 0.407 e. The van der Waals surface area contributed by atoms with Gasteiger partial charge >= 0.3 is 12.1 Å². The zero-order chi connectivity index (χ0) is 24.5. The minimum atomic E-state index is -0.936. The van der Waals surface area contributed by atoms with Crippen LogP contribution in [0.3, 0.4) is 0 Å². The minimum absolute atomic E-state index is 0.000866. The van der Waals surface area contributed by atoms with Crippen molar-refractivity contribution in [3.63, 3.8) is 0 Å². The molecule has 0 aromatic heterocycles. The number of likely N-dealkylation sites (tertiary alicyclic amines) is 1. The number of benzene rings is 2. The predicted molar refractivity (Wildman–Crippen MR) is 131 cm³/mol. The van der Waals surface area contributed by atoms with Gasteiger partial charge in [-0.2, -0.15) is 0 Å². The Morgan fingerprint density at radius 3 is 2.31 bits per heavy atom. The number of nitrogens with one attached hydrogen (secondary N) is 1. The number of carbonyl (C=O) groups excluding carboxylic acids is 2. The SMILES string of the molecule is CC1CCN(C(=O)C2CCCC2CNC(=O)OCC2c3ccccc3-c3ccccc32)C1C(=O)O. The van der Waals surface area contributed by atoms with Crippen molar-refractivity contribution in [1.29, 1.82) is 0 Å². The van der Waals surface area contributed by atoms with E-state index in [1.54, 1.807) is 4.90 Å². The molecule has 1 saturated heterocycles. The molecule has 184 valence electrons. The molecule has 1 saturated carbocycles. The Bertz CT molecular complexity index is 1090. The lowest BCUT2D eigenvalue weighted by atomic mass is 9.93. The lowest BCUT2D eigenvalue weighted by Gasteiger charge is -2.29. The van der Waals surface area contributed by atoms with Crippen LogP contribution in [0.5, 0.6) is 0 Å². The number of nitrogens with zero attached hydrogens (tertiary/aromatic N) is 1. The maximum absolute atomic E-state index is 13.2. The van der Waals surface area contributed by atoms with Crippen LogP contribution in [0.25, 0.3) is 11.1 Å². The van der Waals surface area contributed by atoms with Gasteiger partial charge in [0.05, 0.1) is 0 Å². The normalized spacial score (nSPS) is 25.2. The van der Waals surface area contributed by atoms with E-state index in [2.05, 4.69) is 29.6 Å². The van der Waals surface area contributed by atoms with Crippen LogP contribution in [0, 0.1) is 17.8 Å². The Labute approximate surface area is 205 Å². The molecule has 0 bridgehead atoms. The fourth-order valence-electron chi connectivity index (χ4n) is 6.25. The Kier molecular flexibility index (Phi) is 6.50. The highest BCUT2D eigenvalue weighted by atomic mass is 16.5. The minimum Gasteiger partial charge on any atom is -0.480 e. The molecule has 1 aliphatic heterocycles. The highest BCUT2D eigenvalue weighted by Gasteiger charge is 2.44. The number of alkyl carbamates (subject to hydrolysis) is 1. The number of carboxylic acids is 1. The second-order valence-electron chi connectivity index (χ2n) is 10.1. The number of rotatable bonds is 6. The second kappa shape index (κ2) is 9.72. The summed E-state index contributed by atoms with van der Waals surface area (Å²) in [7, 11) is 0. The van der Waals surface area contributed by atoms with Crippen molar-refractivity contribution < 1.29 is 24.2 Å². The average Bonchev–Trinajstić information content (AvgIpc) is 3.57. The molecule has 2 aliphatic carbocycles. The van der Waals surface area contributed by atoms with Crippen LogP contribution in [0.2, 0.25) is 0 Å². The molecule has 1 heterocycles. The van der Waals surface area contributed by atoms with E-state index in [1.807, 2.05) is 31.2 Å². The summed E-state index contributed by atoms with van der Waals surface area (Å²) in [6.45, 7) is 2.98. The van der Waals surface area contributed by atoms with E-state index in [-0.39, 0.29) is 36.2 Å². The van der Waals surface area contributed by atoms with Crippen LogP contribution in [-0.2, 0) is 14.3 Å². The van der Waals surface area contributed by atoms with Gasteiger partial charge in [-0.1, -0.05) is 61.9 Å². The molecule has 4 atom stereocenters. The smallest absolute Gasteiger partial charge is 0.407 e. The molecule has 5 rings (SSSR count). The first-order chi connectivity index (χ1) is 17.0. The van der Waals surface area contributed by atoms with Crippen LogP contribution in [0.4, 0.5) is 4.79 Å². The van der Waals surface area contributed by atoms with Gasteiger partial charge < -0.3 is 20.1 Å². The number of hydrogen-bond acceptors (Lipinski definition) is 4. The van der Waals surface area contributed by atoms with Crippen molar-refractivity contribution in [2.24, 2.45) is 17.8 Å². The van der Waals surface area contributed by atoms with Gasteiger partial charge in [-0.15, -0.1) is 0 Å². The Hall–Kier alpha value is -3.35. The molecule has 2 N–H and O–H groups in total. The number of hydrogen-bond donors (Lipinski definition) is 2. The topological polar surface area (TPSA) is 95.9 Å². The van der Waals surface area contributed by atoms with Gasteiger partial charge in [0.25, 0.3) is 0 Å². The number of carbonyl (C=O) groups is 3. The Morgan fingerprint density at radius 1 is 1.00 bits per heavy atom. The molecule has 35 heavy (non-hydrogen) atoms. The number of carboxylic acid groups (broad SMARTS) is 1. The summed E-state index contributed by atoms with van der Waals surface area (Å²) in [5.41, 5.74) is 4.69. The van der Waals surface area contributed by atoms with Crippen molar-refractivity contribution in [2.75, 3.05) is 19.7 Å². The van der Waals surface area contributed by atoms with Gasteiger partial charge in [-0.25, -0.2) is 9.59 Å². The average molecular weight is 477 g/mol. The monoisotopic (exact) mass is 476 g/mol. The van der Waals surface area contributed by atoms with Crippen molar-refractivity contribution >= 4 is 18.0 Å². The quantitative estimate of drug-likeness (QED) is 0.649. The molecule has 2 fully saturated rings. The summed E-state index contributed by atoms with van der Waals surface area (Å²) in [5.74, 6) is -1.33. The first-order valence-electron chi connectivity index (χ1n) is 12.6. The molecule has 2 amide bonds. The maximum atomic E-state index is 13.2. The van der Waals surface area contributed by atoms with E-state index in [0.717, 1.165) is 30.4 Å².